The number of hydrogen-bond donors (Lipinski definition) is 2. The van der Waals surface area contributed by atoms with Crippen LogP contribution in [0.1, 0.15) is 50.5 Å². The van der Waals surface area contributed by atoms with E-state index in [0.717, 1.165) is 24.3 Å². The fraction of sp³-hybridized carbons (Fsp3) is 0.556. The van der Waals surface area contributed by atoms with Gasteiger partial charge in [0.05, 0.1) is 0 Å². The topological polar surface area (TPSA) is 75.6 Å². The first-order chi connectivity index (χ1) is 11.1. The summed E-state index contributed by atoms with van der Waals surface area (Å²) in [5, 5.41) is 11.5. The molecule has 2 rings (SSSR count). The zero-order valence-electron chi connectivity index (χ0n) is 13.4. The first kappa shape index (κ1) is 17.3. The monoisotopic (exact) mass is 319 g/mol. The number of aliphatic carboxylic acids is 1. The minimum Gasteiger partial charge on any atom is -0.482 e. The number of carbonyl (C=O) groups excluding carboxylic acids is 1. The number of hydrogen-bond acceptors (Lipinski definition) is 3. The minimum absolute atomic E-state index is 0.0693. The molecular weight excluding hydrogens is 294 g/mol. The van der Waals surface area contributed by atoms with Gasteiger partial charge in [-0.25, -0.2) is 4.79 Å². The number of benzene rings is 1. The van der Waals surface area contributed by atoms with Crippen molar-refractivity contribution in [2.75, 3.05) is 6.61 Å². The quantitative estimate of drug-likeness (QED) is 0.733. The van der Waals surface area contributed by atoms with E-state index in [0.29, 0.717) is 18.7 Å². The molecule has 0 bridgehead atoms. The number of carboxylic acid groups (broad SMARTS) is 1. The Kier molecular flexibility index (Phi) is 6.91. The molecule has 0 radical (unpaired) electrons. The van der Waals surface area contributed by atoms with E-state index < -0.39 is 5.97 Å². The molecule has 5 nitrogen and oxygen atoms in total. The van der Waals surface area contributed by atoms with E-state index in [1.807, 2.05) is 6.07 Å². The molecule has 0 aromatic heterocycles. The summed E-state index contributed by atoms with van der Waals surface area (Å²) in [6.07, 6.45) is 8.03. The SMILES string of the molecule is O=C(O)COc1cccc(CNC(=O)CCCC2CCCC2)c1. The van der Waals surface area contributed by atoms with Gasteiger partial charge >= 0.3 is 5.97 Å². The molecule has 126 valence electrons. The van der Waals surface area contributed by atoms with Gasteiger partial charge in [-0.2, -0.15) is 0 Å². The van der Waals surface area contributed by atoms with Gasteiger partial charge in [-0.3, -0.25) is 4.79 Å². The Morgan fingerprint density at radius 1 is 1.26 bits per heavy atom. The van der Waals surface area contributed by atoms with E-state index in [-0.39, 0.29) is 12.5 Å². The van der Waals surface area contributed by atoms with Gasteiger partial charge in [-0.15, -0.1) is 0 Å². The average molecular weight is 319 g/mol. The summed E-state index contributed by atoms with van der Waals surface area (Å²) in [7, 11) is 0. The smallest absolute Gasteiger partial charge is 0.341 e. The Morgan fingerprint density at radius 3 is 2.78 bits per heavy atom. The summed E-state index contributed by atoms with van der Waals surface area (Å²) >= 11 is 0. The maximum absolute atomic E-state index is 11.9. The highest BCUT2D eigenvalue weighted by Gasteiger charge is 2.14. The highest BCUT2D eigenvalue weighted by atomic mass is 16.5. The molecule has 1 aromatic carbocycles. The van der Waals surface area contributed by atoms with Crippen LogP contribution in [0.5, 0.6) is 5.75 Å². The molecule has 2 N–H and O–H groups in total. The third kappa shape index (κ3) is 6.72. The highest BCUT2D eigenvalue weighted by molar-refractivity contribution is 5.75. The number of nitrogens with one attached hydrogen (secondary N) is 1. The maximum Gasteiger partial charge on any atom is 0.341 e. The van der Waals surface area contributed by atoms with Crippen molar-refractivity contribution in [1.29, 1.82) is 0 Å². The van der Waals surface area contributed by atoms with Crippen molar-refractivity contribution >= 4 is 11.9 Å². The zero-order valence-corrected chi connectivity index (χ0v) is 13.4. The minimum atomic E-state index is -1.01. The third-order valence-electron chi connectivity index (χ3n) is 4.24. The lowest BCUT2D eigenvalue weighted by atomic mass is 10.0. The summed E-state index contributed by atoms with van der Waals surface area (Å²) in [6, 6.07) is 7.13. The van der Waals surface area contributed by atoms with E-state index in [1.165, 1.54) is 25.7 Å². The fourth-order valence-electron chi connectivity index (χ4n) is 3.03. The molecule has 23 heavy (non-hydrogen) atoms. The van der Waals surface area contributed by atoms with Crippen LogP contribution in [-0.2, 0) is 16.1 Å². The Morgan fingerprint density at radius 2 is 2.04 bits per heavy atom. The first-order valence-electron chi connectivity index (χ1n) is 8.33. The number of ether oxygens (including phenoxy) is 1. The lowest BCUT2D eigenvalue weighted by Crippen LogP contribution is -2.22. The van der Waals surface area contributed by atoms with Crippen molar-refractivity contribution in [1.82, 2.24) is 5.32 Å². The maximum atomic E-state index is 11.9. The summed E-state index contributed by atoms with van der Waals surface area (Å²) < 4.78 is 5.12. The molecule has 1 aliphatic rings. The van der Waals surface area contributed by atoms with Gasteiger partial charge in [0.15, 0.2) is 6.61 Å². The molecule has 0 spiro atoms. The summed E-state index contributed by atoms with van der Waals surface area (Å²) in [5.74, 6) is 0.386. The second-order valence-corrected chi connectivity index (χ2v) is 6.15. The molecule has 5 heteroatoms. The van der Waals surface area contributed by atoms with Crippen LogP contribution in [0.25, 0.3) is 0 Å². The van der Waals surface area contributed by atoms with Gasteiger partial charge in [0.1, 0.15) is 5.75 Å². The largest absolute Gasteiger partial charge is 0.482 e. The molecule has 0 atom stereocenters. The van der Waals surface area contributed by atoms with Gasteiger partial charge < -0.3 is 15.2 Å². The van der Waals surface area contributed by atoms with Crippen LogP contribution in [-0.4, -0.2) is 23.6 Å². The highest BCUT2D eigenvalue weighted by Crippen LogP contribution is 2.28. The lowest BCUT2D eigenvalue weighted by molar-refractivity contribution is -0.139. The standard InChI is InChI=1S/C18H25NO4/c20-17(10-4-7-14-5-1-2-6-14)19-12-15-8-3-9-16(11-15)23-13-18(21)22/h3,8-9,11,14H,1-2,4-7,10,12-13H2,(H,19,20)(H,21,22). The van der Waals surface area contributed by atoms with Crippen LogP contribution in [0.4, 0.5) is 0 Å². The zero-order chi connectivity index (χ0) is 16.5. The van der Waals surface area contributed by atoms with Crippen LogP contribution in [0.2, 0.25) is 0 Å². The lowest BCUT2D eigenvalue weighted by Gasteiger charge is -2.09. The molecule has 0 heterocycles. The second-order valence-electron chi connectivity index (χ2n) is 6.15. The summed E-state index contributed by atoms with van der Waals surface area (Å²) in [4.78, 5) is 22.4. The van der Waals surface area contributed by atoms with Crippen molar-refractivity contribution in [3.05, 3.63) is 29.8 Å². The number of amides is 1. The molecule has 1 saturated carbocycles. The number of carbonyl (C=O) groups is 2. The van der Waals surface area contributed by atoms with E-state index in [1.54, 1.807) is 18.2 Å². The molecule has 1 aromatic rings. The summed E-state index contributed by atoms with van der Waals surface area (Å²) in [5.41, 5.74) is 0.900. The molecule has 1 amide bonds. The molecule has 0 unspecified atom stereocenters. The molecule has 0 aliphatic heterocycles. The van der Waals surface area contributed by atoms with E-state index >= 15 is 0 Å². The second kappa shape index (κ2) is 9.18. The van der Waals surface area contributed by atoms with Crippen LogP contribution < -0.4 is 10.1 Å². The van der Waals surface area contributed by atoms with Crippen LogP contribution in [0.15, 0.2) is 24.3 Å². The Balaban J connectivity index is 1.66. The Bertz CT molecular complexity index is 524. The number of carboxylic acids is 1. The van der Waals surface area contributed by atoms with Crippen molar-refractivity contribution in [3.8, 4) is 5.75 Å². The Labute approximate surface area is 137 Å². The average Bonchev–Trinajstić information content (AvgIpc) is 3.05. The predicted octanol–water partition coefficient (Wildman–Crippen LogP) is 3.13. The van der Waals surface area contributed by atoms with Gasteiger partial charge in [0, 0.05) is 13.0 Å². The van der Waals surface area contributed by atoms with Gasteiger partial charge in [-0.05, 0) is 36.5 Å². The van der Waals surface area contributed by atoms with E-state index in [2.05, 4.69) is 5.32 Å². The van der Waals surface area contributed by atoms with Crippen molar-refractivity contribution in [2.24, 2.45) is 5.92 Å². The molecular formula is C18H25NO4. The van der Waals surface area contributed by atoms with Gasteiger partial charge in [0.2, 0.25) is 5.91 Å². The third-order valence-corrected chi connectivity index (χ3v) is 4.24. The van der Waals surface area contributed by atoms with E-state index in [4.69, 9.17) is 9.84 Å². The predicted molar refractivity (Wildman–Crippen MR) is 87.2 cm³/mol. The van der Waals surface area contributed by atoms with Crippen LogP contribution in [0, 0.1) is 5.92 Å². The Hall–Kier alpha value is -2.04. The summed E-state index contributed by atoms with van der Waals surface area (Å²) in [6.45, 7) is 0.0729. The molecule has 1 fully saturated rings. The van der Waals surface area contributed by atoms with E-state index in [9.17, 15) is 9.59 Å². The molecule has 1 aliphatic carbocycles. The van der Waals surface area contributed by atoms with Crippen molar-refractivity contribution in [2.45, 2.75) is 51.5 Å². The molecule has 0 saturated heterocycles. The van der Waals surface area contributed by atoms with Crippen LogP contribution in [0.3, 0.4) is 0 Å². The van der Waals surface area contributed by atoms with Crippen LogP contribution >= 0.6 is 0 Å². The normalized spacial score (nSPS) is 14.6. The number of rotatable bonds is 9. The van der Waals surface area contributed by atoms with Crippen molar-refractivity contribution < 1.29 is 19.4 Å². The first-order valence-corrected chi connectivity index (χ1v) is 8.33. The fourth-order valence-corrected chi connectivity index (χ4v) is 3.03. The van der Waals surface area contributed by atoms with Crippen molar-refractivity contribution in [3.63, 3.8) is 0 Å². The van der Waals surface area contributed by atoms with Gasteiger partial charge in [-0.1, -0.05) is 37.8 Å². The van der Waals surface area contributed by atoms with Gasteiger partial charge in [0.25, 0.3) is 0 Å².